The quantitative estimate of drug-likeness (QED) is 0.673. The number of carbonyl (C=O) groups is 2. The Kier molecular flexibility index (Phi) is 2.59. The molecule has 3 fully saturated rings. The van der Waals surface area contributed by atoms with Crippen molar-refractivity contribution in [3.63, 3.8) is 0 Å². The molecule has 0 aromatic heterocycles. The minimum atomic E-state index is -2.01. The van der Waals surface area contributed by atoms with Crippen molar-refractivity contribution in [1.82, 2.24) is 0 Å². The minimum Gasteiger partial charge on any atom is -0.479 e. The van der Waals surface area contributed by atoms with Gasteiger partial charge in [0.2, 0.25) is 0 Å². The van der Waals surface area contributed by atoms with Crippen LogP contribution in [-0.4, -0.2) is 38.8 Å². The summed E-state index contributed by atoms with van der Waals surface area (Å²) in [4.78, 5) is 24.1. The predicted molar refractivity (Wildman–Crippen MR) is 90.6 cm³/mol. The molecule has 3 unspecified atom stereocenters. The Balaban J connectivity index is 1.89. The average molecular weight is 350 g/mol. The minimum absolute atomic E-state index is 0.00129. The lowest BCUT2D eigenvalue weighted by atomic mass is 9.46. The second-order valence-corrected chi connectivity index (χ2v) is 8.47. The Morgan fingerprint density at radius 2 is 2.12 bits per heavy atom. The van der Waals surface area contributed by atoms with Gasteiger partial charge in [0.15, 0.2) is 11.4 Å². The van der Waals surface area contributed by atoms with Gasteiger partial charge in [0.1, 0.15) is 0 Å². The van der Waals surface area contributed by atoms with Gasteiger partial charge in [0.25, 0.3) is 0 Å². The van der Waals surface area contributed by atoms with Crippen molar-refractivity contribution in [3.8, 4) is 0 Å². The normalized spacial score (nSPS) is 56.5. The van der Waals surface area contributed by atoms with Crippen LogP contribution in [0.1, 0.15) is 51.4 Å². The summed E-state index contributed by atoms with van der Waals surface area (Å²) >= 11 is 0. The molecule has 4 aliphatic carbocycles. The molecule has 0 aromatic carbocycles. The Morgan fingerprint density at radius 1 is 1.40 bits per heavy atom. The van der Waals surface area contributed by atoms with Crippen molar-refractivity contribution < 1.29 is 30.4 Å². The van der Waals surface area contributed by atoms with E-state index in [0.717, 1.165) is 0 Å². The van der Waals surface area contributed by atoms with Crippen LogP contribution in [0.25, 0.3) is 0 Å². The Morgan fingerprint density at radius 3 is 2.80 bits per heavy atom. The van der Waals surface area contributed by atoms with E-state index in [1.165, 1.54) is 6.08 Å². The fourth-order valence-electron chi connectivity index (χ4n) is 6.13. The van der Waals surface area contributed by atoms with Crippen molar-refractivity contribution in [2.24, 2.45) is 28.6 Å². The molecule has 0 radical (unpaired) electrons. The standard InChI is InChI=1S/C20H26O5/c1-18-7-5-12(21)9-11(18)3-4-13-14-6-8-20(25,17(23)24)19(14,2)10-15(22)16(13)18/h5,7,9,13-16,22,25H,3-4,6,8,10H2,1-2H3,(H,23,24)/t13?,14?,15-,16?,18-,19-,20-/m0/s1/i3D2,5D,9D. The van der Waals surface area contributed by atoms with Crippen LogP contribution in [0.15, 0.2) is 23.8 Å². The maximum Gasteiger partial charge on any atom is 0.336 e. The molecule has 0 amide bonds. The van der Waals surface area contributed by atoms with E-state index in [-0.39, 0.29) is 36.8 Å². The van der Waals surface area contributed by atoms with Gasteiger partial charge in [-0.15, -0.1) is 0 Å². The highest BCUT2D eigenvalue weighted by atomic mass is 16.4. The summed E-state index contributed by atoms with van der Waals surface area (Å²) in [5.74, 6) is -3.50. The molecule has 0 heterocycles. The third-order valence-electron chi connectivity index (χ3n) is 7.45. The number of rotatable bonds is 1. The number of aliphatic hydroxyl groups excluding tert-OH is 1. The molecule has 0 aliphatic heterocycles. The smallest absolute Gasteiger partial charge is 0.336 e. The van der Waals surface area contributed by atoms with Gasteiger partial charge >= 0.3 is 5.97 Å². The summed E-state index contributed by atoms with van der Waals surface area (Å²) in [6.07, 6.45) is -1.33. The van der Waals surface area contributed by atoms with Crippen LogP contribution in [0.5, 0.6) is 0 Å². The lowest BCUT2D eigenvalue weighted by molar-refractivity contribution is -0.192. The van der Waals surface area contributed by atoms with Crippen LogP contribution in [0, 0.1) is 28.6 Å². The molecular weight excluding hydrogens is 320 g/mol. The first-order valence-electron chi connectivity index (χ1n) is 10.8. The second kappa shape index (κ2) is 5.04. The SMILES string of the molecule is [2H]C1=C[C@@]2(C)C(=C([2H])C1=O)C([2H])([2H])CC1C2[C@@H](O)C[C@@]2(C)C1CC[C@]2(O)C(=O)O. The summed E-state index contributed by atoms with van der Waals surface area (Å²) < 4.78 is 33.5. The van der Waals surface area contributed by atoms with Gasteiger partial charge in [-0.25, -0.2) is 4.79 Å². The van der Waals surface area contributed by atoms with Crippen molar-refractivity contribution in [1.29, 1.82) is 0 Å². The zero-order valence-corrected chi connectivity index (χ0v) is 14.4. The molecule has 0 saturated heterocycles. The van der Waals surface area contributed by atoms with E-state index >= 15 is 0 Å². The van der Waals surface area contributed by atoms with Gasteiger partial charge < -0.3 is 15.3 Å². The van der Waals surface area contributed by atoms with Crippen LogP contribution < -0.4 is 0 Å². The predicted octanol–water partition coefficient (Wildman–Crippen LogP) is 2.08. The molecule has 4 aliphatic rings. The summed E-state index contributed by atoms with van der Waals surface area (Å²) in [7, 11) is 0. The molecule has 5 heteroatoms. The number of aliphatic carboxylic acids is 1. The van der Waals surface area contributed by atoms with Crippen LogP contribution in [0.2, 0.25) is 0 Å². The number of carbonyl (C=O) groups excluding carboxylic acids is 1. The molecule has 0 aromatic rings. The second-order valence-electron chi connectivity index (χ2n) is 8.47. The number of allylic oxidation sites excluding steroid dienone is 4. The van der Waals surface area contributed by atoms with Crippen LogP contribution >= 0.6 is 0 Å². The Hall–Kier alpha value is -1.46. The van der Waals surface area contributed by atoms with Crippen LogP contribution in [0.3, 0.4) is 0 Å². The van der Waals surface area contributed by atoms with E-state index in [4.69, 9.17) is 5.48 Å². The largest absolute Gasteiger partial charge is 0.479 e. The lowest BCUT2D eigenvalue weighted by Crippen LogP contribution is -2.61. The third kappa shape index (κ3) is 1.97. The van der Waals surface area contributed by atoms with Gasteiger partial charge in [-0.2, -0.15) is 0 Å². The highest BCUT2D eigenvalue weighted by molar-refractivity contribution is 6.01. The first-order chi connectivity index (χ1) is 13.2. The molecule has 3 N–H and O–H groups in total. The van der Waals surface area contributed by atoms with Gasteiger partial charge in [-0.3, -0.25) is 4.79 Å². The van der Waals surface area contributed by atoms with Gasteiger partial charge in [0, 0.05) is 19.5 Å². The third-order valence-corrected chi connectivity index (χ3v) is 7.45. The zero-order valence-electron chi connectivity index (χ0n) is 18.4. The molecule has 3 saturated carbocycles. The fourth-order valence-corrected chi connectivity index (χ4v) is 6.13. The summed E-state index contributed by atoms with van der Waals surface area (Å²) in [5.41, 5.74) is -4.30. The maximum absolute atomic E-state index is 12.2. The zero-order chi connectivity index (χ0) is 21.7. The summed E-state index contributed by atoms with van der Waals surface area (Å²) in [6, 6.07) is -0.899. The monoisotopic (exact) mass is 350 g/mol. The van der Waals surface area contributed by atoms with Gasteiger partial charge in [-0.1, -0.05) is 25.5 Å². The van der Waals surface area contributed by atoms with Gasteiger partial charge in [-0.05, 0) is 56.0 Å². The molecule has 0 spiro atoms. The summed E-state index contributed by atoms with van der Waals surface area (Å²) in [5, 5.41) is 31.8. The van der Waals surface area contributed by atoms with E-state index in [1.54, 1.807) is 13.8 Å². The molecule has 5 nitrogen and oxygen atoms in total. The van der Waals surface area contributed by atoms with E-state index in [0.29, 0.717) is 6.42 Å². The number of hydrogen-bond acceptors (Lipinski definition) is 4. The number of carboxylic acids is 1. The number of carboxylic acid groups (broad SMARTS) is 1. The molecule has 7 atom stereocenters. The Bertz CT molecular complexity index is 882. The number of aliphatic hydroxyl groups is 2. The molecule has 25 heavy (non-hydrogen) atoms. The van der Waals surface area contributed by atoms with E-state index in [1.807, 2.05) is 0 Å². The van der Waals surface area contributed by atoms with E-state index < -0.39 is 58.5 Å². The molecule has 0 bridgehead atoms. The Labute approximate surface area is 153 Å². The van der Waals surface area contributed by atoms with Crippen molar-refractivity contribution >= 4 is 11.8 Å². The fraction of sp³-hybridized carbons (Fsp3) is 0.700. The van der Waals surface area contributed by atoms with Gasteiger partial charge in [0.05, 0.1) is 8.85 Å². The maximum atomic E-state index is 12.2. The van der Waals surface area contributed by atoms with E-state index in [2.05, 4.69) is 0 Å². The average Bonchev–Trinajstić information content (AvgIpc) is 2.83. The first kappa shape index (κ1) is 12.8. The molecular formula is C20H26O5. The topological polar surface area (TPSA) is 94.8 Å². The van der Waals surface area contributed by atoms with Crippen LogP contribution in [0.4, 0.5) is 0 Å². The number of ketones is 1. The highest BCUT2D eigenvalue weighted by Gasteiger charge is 2.68. The number of fused-ring (bicyclic) bond motifs is 5. The lowest BCUT2D eigenvalue weighted by Gasteiger charge is -2.59. The highest BCUT2D eigenvalue weighted by Crippen LogP contribution is 2.66. The first-order valence-corrected chi connectivity index (χ1v) is 8.80. The van der Waals surface area contributed by atoms with Crippen molar-refractivity contribution in [2.75, 3.05) is 0 Å². The van der Waals surface area contributed by atoms with Crippen molar-refractivity contribution in [2.45, 2.75) is 57.6 Å². The van der Waals surface area contributed by atoms with Crippen molar-refractivity contribution in [3.05, 3.63) is 23.8 Å². The molecule has 4 rings (SSSR count). The summed E-state index contributed by atoms with van der Waals surface area (Å²) in [6.45, 7) is 3.32. The number of hydrogen-bond donors (Lipinski definition) is 3. The van der Waals surface area contributed by atoms with E-state index in [9.17, 15) is 24.9 Å². The van der Waals surface area contributed by atoms with Crippen LogP contribution in [-0.2, 0) is 9.59 Å². The molecule has 136 valence electrons.